The number of aromatic nitrogens is 2. The Morgan fingerprint density at radius 1 is 1.53 bits per heavy atom. The standard InChI is InChI=1S/C12H19ClN4/c1-9(2)17(7-5-6-14)8-11-10(3)15-16(4)12(11)13/h9H,5,7-8H2,1-4H3. The summed E-state index contributed by atoms with van der Waals surface area (Å²) in [7, 11) is 1.84. The van der Waals surface area contributed by atoms with Crippen molar-refractivity contribution >= 4 is 11.6 Å². The molecule has 0 aliphatic heterocycles. The van der Waals surface area contributed by atoms with E-state index in [1.54, 1.807) is 4.68 Å². The lowest BCUT2D eigenvalue weighted by molar-refractivity contribution is 0.217. The monoisotopic (exact) mass is 254 g/mol. The van der Waals surface area contributed by atoms with Gasteiger partial charge in [-0.2, -0.15) is 10.4 Å². The van der Waals surface area contributed by atoms with Crippen molar-refractivity contribution in [3.8, 4) is 6.07 Å². The Bertz CT molecular complexity index is 417. The highest BCUT2D eigenvalue weighted by Crippen LogP contribution is 2.21. The van der Waals surface area contributed by atoms with Gasteiger partial charge in [0.1, 0.15) is 5.15 Å². The van der Waals surface area contributed by atoms with E-state index in [4.69, 9.17) is 16.9 Å². The molecule has 5 heteroatoms. The zero-order chi connectivity index (χ0) is 13.0. The number of hydrogen-bond donors (Lipinski definition) is 0. The Kier molecular flexibility index (Phi) is 4.98. The predicted octanol–water partition coefficient (Wildman–Crippen LogP) is 2.51. The summed E-state index contributed by atoms with van der Waals surface area (Å²) in [5.41, 5.74) is 2.01. The Morgan fingerprint density at radius 3 is 2.59 bits per heavy atom. The maximum atomic E-state index is 8.66. The minimum absolute atomic E-state index is 0.388. The molecule has 0 bridgehead atoms. The lowest BCUT2D eigenvalue weighted by atomic mass is 10.2. The lowest BCUT2D eigenvalue weighted by Gasteiger charge is -2.25. The molecule has 4 nitrogen and oxygen atoms in total. The van der Waals surface area contributed by atoms with Crippen LogP contribution in [-0.4, -0.2) is 27.3 Å². The van der Waals surface area contributed by atoms with Crippen LogP contribution >= 0.6 is 11.6 Å². The minimum Gasteiger partial charge on any atom is -0.295 e. The van der Waals surface area contributed by atoms with E-state index in [0.717, 1.165) is 24.3 Å². The predicted molar refractivity (Wildman–Crippen MR) is 68.7 cm³/mol. The van der Waals surface area contributed by atoms with Crippen molar-refractivity contribution in [2.24, 2.45) is 7.05 Å². The average Bonchev–Trinajstić information content (AvgIpc) is 2.49. The Labute approximate surface area is 108 Å². The van der Waals surface area contributed by atoms with Crippen molar-refractivity contribution in [2.75, 3.05) is 6.54 Å². The molecule has 0 fully saturated rings. The zero-order valence-electron chi connectivity index (χ0n) is 10.9. The van der Waals surface area contributed by atoms with Gasteiger partial charge in [0.15, 0.2) is 0 Å². The quantitative estimate of drug-likeness (QED) is 0.811. The summed E-state index contributed by atoms with van der Waals surface area (Å²) < 4.78 is 1.69. The van der Waals surface area contributed by atoms with Gasteiger partial charge >= 0.3 is 0 Å². The van der Waals surface area contributed by atoms with Gasteiger partial charge in [0.05, 0.1) is 11.8 Å². The van der Waals surface area contributed by atoms with Gasteiger partial charge in [0, 0.05) is 38.2 Å². The molecule has 1 heterocycles. The molecule has 0 saturated heterocycles. The molecular weight excluding hydrogens is 236 g/mol. The van der Waals surface area contributed by atoms with Gasteiger partial charge in [-0.05, 0) is 20.8 Å². The van der Waals surface area contributed by atoms with Gasteiger partial charge in [-0.3, -0.25) is 9.58 Å². The van der Waals surface area contributed by atoms with E-state index in [9.17, 15) is 0 Å². The third kappa shape index (κ3) is 3.45. The second-order valence-electron chi connectivity index (χ2n) is 4.45. The second-order valence-corrected chi connectivity index (χ2v) is 4.81. The van der Waals surface area contributed by atoms with Crippen LogP contribution in [0, 0.1) is 18.3 Å². The number of halogens is 1. The van der Waals surface area contributed by atoms with E-state index in [1.165, 1.54) is 0 Å². The number of hydrogen-bond acceptors (Lipinski definition) is 3. The highest BCUT2D eigenvalue weighted by Gasteiger charge is 2.16. The van der Waals surface area contributed by atoms with Crippen molar-refractivity contribution in [1.82, 2.24) is 14.7 Å². The Balaban J connectivity index is 2.82. The van der Waals surface area contributed by atoms with E-state index in [0.29, 0.717) is 17.6 Å². The van der Waals surface area contributed by atoms with Crippen molar-refractivity contribution in [3.05, 3.63) is 16.4 Å². The van der Waals surface area contributed by atoms with Crippen LogP contribution in [-0.2, 0) is 13.6 Å². The zero-order valence-corrected chi connectivity index (χ0v) is 11.6. The molecule has 0 aliphatic rings. The summed E-state index contributed by atoms with van der Waals surface area (Å²) in [6.45, 7) is 7.72. The van der Waals surface area contributed by atoms with Crippen LogP contribution in [0.25, 0.3) is 0 Å². The number of aryl methyl sites for hydroxylation is 2. The molecule has 0 saturated carbocycles. The van der Waals surface area contributed by atoms with Crippen molar-refractivity contribution in [1.29, 1.82) is 5.26 Å². The molecule has 1 rings (SSSR count). The molecule has 0 N–H and O–H groups in total. The fraction of sp³-hybridized carbons (Fsp3) is 0.667. The van der Waals surface area contributed by atoms with Gasteiger partial charge < -0.3 is 0 Å². The van der Waals surface area contributed by atoms with Gasteiger partial charge in [0.2, 0.25) is 0 Å². The summed E-state index contributed by atoms with van der Waals surface area (Å²) in [5.74, 6) is 0. The molecule has 17 heavy (non-hydrogen) atoms. The van der Waals surface area contributed by atoms with Crippen molar-refractivity contribution in [3.63, 3.8) is 0 Å². The average molecular weight is 255 g/mol. The highest BCUT2D eigenvalue weighted by molar-refractivity contribution is 6.30. The largest absolute Gasteiger partial charge is 0.295 e. The lowest BCUT2D eigenvalue weighted by Crippen LogP contribution is -2.31. The van der Waals surface area contributed by atoms with Crippen LogP contribution in [0.1, 0.15) is 31.5 Å². The van der Waals surface area contributed by atoms with Crippen LogP contribution in [0.2, 0.25) is 5.15 Å². The summed E-state index contributed by atoms with van der Waals surface area (Å²) >= 11 is 6.21. The first-order valence-corrected chi connectivity index (χ1v) is 6.14. The Hall–Kier alpha value is -1.05. The van der Waals surface area contributed by atoms with E-state index >= 15 is 0 Å². The van der Waals surface area contributed by atoms with Crippen LogP contribution in [0.3, 0.4) is 0 Å². The molecule has 94 valence electrons. The van der Waals surface area contributed by atoms with Gasteiger partial charge in [-0.25, -0.2) is 0 Å². The van der Waals surface area contributed by atoms with E-state index in [2.05, 4.69) is 29.9 Å². The van der Waals surface area contributed by atoms with Crippen LogP contribution < -0.4 is 0 Å². The minimum atomic E-state index is 0.388. The van der Waals surface area contributed by atoms with Crippen LogP contribution in [0.4, 0.5) is 0 Å². The summed E-state index contributed by atoms with van der Waals surface area (Å²) in [6, 6.07) is 2.57. The van der Waals surface area contributed by atoms with E-state index < -0.39 is 0 Å². The number of rotatable bonds is 5. The fourth-order valence-electron chi connectivity index (χ4n) is 1.77. The number of nitriles is 1. The Morgan fingerprint density at radius 2 is 2.18 bits per heavy atom. The normalized spacial score (nSPS) is 11.2. The second kappa shape index (κ2) is 6.04. The van der Waals surface area contributed by atoms with Gasteiger partial charge in [0.25, 0.3) is 0 Å². The summed E-state index contributed by atoms with van der Waals surface area (Å²) in [4.78, 5) is 2.24. The first-order valence-electron chi connectivity index (χ1n) is 5.76. The fourth-order valence-corrected chi connectivity index (χ4v) is 2.00. The molecular formula is C12H19ClN4. The maximum absolute atomic E-state index is 8.66. The summed E-state index contributed by atoms with van der Waals surface area (Å²) in [6.07, 6.45) is 0.537. The van der Waals surface area contributed by atoms with Crippen molar-refractivity contribution < 1.29 is 0 Å². The van der Waals surface area contributed by atoms with Gasteiger partial charge in [-0.15, -0.1) is 0 Å². The maximum Gasteiger partial charge on any atom is 0.131 e. The third-order valence-electron chi connectivity index (χ3n) is 2.87. The SMILES string of the molecule is Cc1nn(C)c(Cl)c1CN(CCC#N)C(C)C. The molecule has 0 unspecified atom stereocenters. The first kappa shape index (κ1) is 14.0. The van der Waals surface area contributed by atoms with Crippen LogP contribution in [0.5, 0.6) is 0 Å². The van der Waals surface area contributed by atoms with Gasteiger partial charge in [-0.1, -0.05) is 11.6 Å². The van der Waals surface area contributed by atoms with E-state index in [-0.39, 0.29) is 0 Å². The van der Waals surface area contributed by atoms with Crippen molar-refractivity contribution in [2.45, 2.75) is 39.8 Å². The molecule has 0 atom stereocenters. The first-order chi connectivity index (χ1) is 7.97. The third-order valence-corrected chi connectivity index (χ3v) is 3.34. The summed E-state index contributed by atoms with van der Waals surface area (Å²) in [5, 5.41) is 13.6. The molecule has 0 spiro atoms. The highest BCUT2D eigenvalue weighted by atomic mass is 35.5. The number of nitrogens with zero attached hydrogens (tertiary/aromatic N) is 4. The molecule has 0 aliphatic carbocycles. The van der Waals surface area contributed by atoms with E-state index in [1.807, 2.05) is 14.0 Å². The topological polar surface area (TPSA) is 44.9 Å². The molecule has 0 radical (unpaired) electrons. The molecule has 0 aromatic carbocycles. The molecule has 0 amide bonds. The van der Waals surface area contributed by atoms with Crippen LogP contribution in [0.15, 0.2) is 0 Å². The molecule has 1 aromatic rings. The molecule has 1 aromatic heterocycles. The smallest absolute Gasteiger partial charge is 0.131 e.